The predicted molar refractivity (Wildman–Crippen MR) is 99.5 cm³/mol. The van der Waals surface area contributed by atoms with Gasteiger partial charge in [-0.2, -0.15) is 0 Å². The molecule has 3 aliphatic rings. The zero-order valence-electron chi connectivity index (χ0n) is 13.8. The molecule has 0 spiro atoms. The van der Waals surface area contributed by atoms with Crippen LogP contribution in [0.15, 0.2) is 30.3 Å². The zero-order chi connectivity index (χ0) is 15.6. The number of benzene rings is 1. The minimum absolute atomic E-state index is 0.563. The lowest BCUT2D eigenvalue weighted by molar-refractivity contribution is 0.361. The van der Waals surface area contributed by atoms with E-state index in [-0.39, 0.29) is 0 Å². The van der Waals surface area contributed by atoms with Crippen molar-refractivity contribution in [2.24, 2.45) is 11.8 Å². The van der Waals surface area contributed by atoms with Crippen molar-refractivity contribution in [3.05, 3.63) is 35.9 Å². The van der Waals surface area contributed by atoms with Gasteiger partial charge >= 0.3 is 0 Å². The highest BCUT2D eigenvalue weighted by atomic mass is 32.1. The molecule has 3 saturated carbocycles. The molecule has 3 unspecified atom stereocenters. The number of thiocarbonyl (C=S) groups is 1. The Morgan fingerprint density at radius 3 is 2.30 bits per heavy atom. The summed E-state index contributed by atoms with van der Waals surface area (Å²) in [5, 5.41) is 8.13. The third-order valence-electron chi connectivity index (χ3n) is 6.39. The van der Waals surface area contributed by atoms with Gasteiger partial charge in [0, 0.05) is 12.1 Å². The minimum Gasteiger partial charge on any atom is -0.360 e. The average molecular weight is 329 g/mol. The summed E-state index contributed by atoms with van der Waals surface area (Å²) < 4.78 is 0. The highest BCUT2D eigenvalue weighted by Crippen LogP contribution is 2.44. The first-order valence-electron chi connectivity index (χ1n) is 9.40. The van der Waals surface area contributed by atoms with Gasteiger partial charge in [0.25, 0.3) is 0 Å². The zero-order valence-corrected chi connectivity index (χ0v) is 14.7. The quantitative estimate of drug-likeness (QED) is 0.806. The van der Waals surface area contributed by atoms with E-state index in [0.717, 1.165) is 22.9 Å². The topological polar surface area (TPSA) is 24.1 Å². The van der Waals surface area contributed by atoms with Crippen molar-refractivity contribution in [1.29, 1.82) is 0 Å². The van der Waals surface area contributed by atoms with Crippen LogP contribution in [0.2, 0.25) is 0 Å². The van der Waals surface area contributed by atoms with Crippen LogP contribution in [-0.4, -0.2) is 17.2 Å². The van der Waals surface area contributed by atoms with Crippen LogP contribution in [0.5, 0.6) is 0 Å². The molecule has 3 fully saturated rings. The lowest BCUT2D eigenvalue weighted by Crippen LogP contribution is -2.48. The Bertz CT molecular complexity index is 536. The molecule has 3 aliphatic carbocycles. The maximum absolute atomic E-state index is 5.59. The van der Waals surface area contributed by atoms with Crippen molar-refractivity contribution >= 4 is 17.3 Å². The molecule has 0 aliphatic heterocycles. The van der Waals surface area contributed by atoms with Crippen LogP contribution in [0.3, 0.4) is 0 Å². The molecular weight excluding hydrogens is 300 g/mol. The van der Waals surface area contributed by atoms with Crippen molar-refractivity contribution in [3.8, 4) is 0 Å². The Labute approximate surface area is 145 Å². The third kappa shape index (κ3) is 3.55. The van der Waals surface area contributed by atoms with Crippen LogP contribution >= 0.6 is 12.2 Å². The lowest BCUT2D eigenvalue weighted by atomic mass is 9.82. The van der Waals surface area contributed by atoms with Gasteiger partial charge in [-0.1, -0.05) is 36.8 Å². The molecule has 23 heavy (non-hydrogen) atoms. The van der Waals surface area contributed by atoms with Gasteiger partial charge in [-0.25, -0.2) is 0 Å². The first-order valence-corrected chi connectivity index (χ1v) is 9.80. The number of hydrogen-bond donors (Lipinski definition) is 2. The number of rotatable bonds is 3. The number of nitrogens with one attached hydrogen (secondary N) is 2. The van der Waals surface area contributed by atoms with Crippen LogP contribution in [0.4, 0.5) is 0 Å². The second-order valence-electron chi connectivity index (χ2n) is 7.86. The van der Waals surface area contributed by atoms with E-state index in [4.69, 9.17) is 12.2 Å². The Morgan fingerprint density at radius 2 is 1.65 bits per heavy atom. The third-order valence-corrected chi connectivity index (χ3v) is 6.62. The highest BCUT2D eigenvalue weighted by molar-refractivity contribution is 7.80. The van der Waals surface area contributed by atoms with Crippen LogP contribution < -0.4 is 10.6 Å². The molecule has 0 radical (unpaired) electrons. The SMILES string of the molecule is S=C(NC1CCC(c2ccccc2)CC1)NC1CC2CCC1C2. The van der Waals surface area contributed by atoms with E-state index in [1.807, 2.05) is 0 Å². The van der Waals surface area contributed by atoms with Gasteiger partial charge in [0.1, 0.15) is 0 Å². The summed E-state index contributed by atoms with van der Waals surface area (Å²) in [7, 11) is 0. The van der Waals surface area contributed by atoms with Gasteiger partial charge in [-0.3, -0.25) is 0 Å². The van der Waals surface area contributed by atoms with Crippen molar-refractivity contribution in [2.75, 3.05) is 0 Å². The predicted octanol–water partition coefficient (Wildman–Crippen LogP) is 4.37. The minimum atomic E-state index is 0.563. The van der Waals surface area contributed by atoms with Gasteiger partial charge in [0.2, 0.25) is 0 Å². The normalized spacial score (nSPS) is 35.9. The van der Waals surface area contributed by atoms with E-state index < -0.39 is 0 Å². The summed E-state index contributed by atoms with van der Waals surface area (Å²) in [4.78, 5) is 0. The molecule has 0 heterocycles. The second-order valence-corrected chi connectivity index (χ2v) is 8.27. The summed E-state index contributed by atoms with van der Waals surface area (Å²) in [6.45, 7) is 0. The summed E-state index contributed by atoms with van der Waals surface area (Å²) in [5.41, 5.74) is 1.51. The Balaban J connectivity index is 1.22. The van der Waals surface area contributed by atoms with Crippen molar-refractivity contribution in [3.63, 3.8) is 0 Å². The van der Waals surface area contributed by atoms with E-state index in [1.54, 1.807) is 0 Å². The lowest BCUT2D eigenvalue weighted by Gasteiger charge is -2.32. The first kappa shape index (κ1) is 15.4. The maximum atomic E-state index is 5.59. The molecule has 124 valence electrons. The molecule has 0 amide bonds. The molecule has 2 N–H and O–H groups in total. The monoisotopic (exact) mass is 328 g/mol. The maximum Gasteiger partial charge on any atom is 0.166 e. The van der Waals surface area contributed by atoms with Crippen molar-refractivity contribution in [1.82, 2.24) is 10.6 Å². The molecule has 0 saturated heterocycles. The molecule has 4 rings (SSSR count). The number of hydrogen-bond acceptors (Lipinski definition) is 1. The summed E-state index contributed by atoms with van der Waals surface area (Å²) in [5.74, 6) is 2.59. The molecule has 1 aromatic rings. The fourth-order valence-corrected chi connectivity index (χ4v) is 5.43. The van der Waals surface area contributed by atoms with Gasteiger partial charge in [-0.05, 0) is 80.5 Å². The Morgan fingerprint density at radius 1 is 0.870 bits per heavy atom. The molecule has 2 bridgehead atoms. The molecule has 3 atom stereocenters. The van der Waals surface area contributed by atoms with Crippen LogP contribution in [0.1, 0.15) is 62.8 Å². The first-order chi connectivity index (χ1) is 11.3. The van der Waals surface area contributed by atoms with E-state index in [0.29, 0.717) is 12.1 Å². The van der Waals surface area contributed by atoms with Gasteiger partial charge in [0.05, 0.1) is 0 Å². The Kier molecular flexibility index (Phi) is 4.57. The highest BCUT2D eigenvalue weighted by Gasteiger charge is 2.39. The fourth-order valence-electron chi connectivity index (χ4n) is 5.11. The molecular formula is C20H28N2S. The fraction of sp³-hybridized carbons (Fsp3) is 0.650. The second kappa shape index (κ2) is 6.80. The number of fused-ring (bicyclic) bond motifs is 2. The standard InChI is InChI=1S/C20H28N2S/c23-20(22-19-13-14-6-7-17(19)12-14)21-18-10-8-16(9-11-18)15-4-2-1-3-5-15/h1-5,14,16-19H,6-13H2,(H2,21,22,23). The van der Waals surface area contributed by atoms with Crippen LogP contribution in [-0.2, 0) is 0 Å². The van der Waals surface area contributed by atoms with E-state index in [9.17, 15) is 0 Å². The summed E-state index contributed by atoms with van der Waals surface area (Å²) in [6, 6.07) is 12.2. The molecule has 3 heteroatoms. The largest absolute Gasteiger partial charge is 0.360 e. The summed E-state index contributed by atoms with van der Waals surface area (Å²) in [6.07, 6.45) is 10.7. The van der Waals surface area contributed by atoms with E-state index in [2.05, 4.69) is 41.0 Å². The van der Waals surface area contributed by atoms with Gasteiger partial charge in [-0.15, -0.1) is 0 Å². The average Bonchev–Trinajstić information content (AvgIpc) is 3.19. The van der Waals surface area contributed by atoms with E-state index >= 15 is 0 Å². The molecule has 1 aromatic carbocycles. The Hall–Kier alpha value is -1.09. The van der Waals surface area contributed by atoms with E-state index in [1.165, 1.54) is 56.9 Å². The van der Waals surface area contributed by atoms with Crippen LogP contribution in [0, 0.1) is 11.8 Å². The molecule has 2 nitrogen and oxygen atoms in total. The van der Waals surface area contributed by atoms with Crippen LogP contribution in [0.25, 0.3) is 0 Å². The summed E-state index contributed by atoms with van der Waals surface area (Å²) >= 11 is 5.59. The van der Waals surface area contributed by atoms with Gasteiger partial charge in [0.15, 0.2) is 5.11 Å². The van der Waals surface area contributed by atoms with Gasteiger partial charge < -0.3 is 10.6 Å². The molecule has 0 aromatic heterocycles. The van der Waals surface area contributed by atoms with Crippen molar-refractivity contribution < 1.29 is 0 Å². The smallest absolute Gasteiger partial charge is 0.166 e. The van der Waals surface area contributed by atoms with Crippen molar-refractivity contribution in [2.45, 2.75) is 69.4 Å².